The number of guanidine groups is 1. The molecular weight excluding hydrogens is 427 g/mol. The van der Waals surface area contributed by atoms with Gasteiger partial charge in [-0.25, -0.2) is 0 Å². The van der Waals surface area contributed by atoms with Gasteiger partial charge in [0, 0.05) is 25.7 Å². The molecule has 5 nitrogen and oxygen atoms in total. The topological polar surface area (TPSA) is 69.4 Å². The quantitative estimate of drug-likeness (QED) is 0.402. The largest absolute Gasteiger partial charge is 0.494 e. The molecule has 0 spiro atoms. The van der Waals surface area contributed by atoms with Crippen LogP contribution in [0.15, 0.2) is 53.5 Å². The van der Waals surface area contributed by atoms with Crippen molar-refractivity contribution in [3.8, 4) is 11.8 Å². The van der Waals surface area contributed by atoms with Crippen LogP contribution in [-0.4, -0.2) is 19.6 Å². The van der Waals surface area contributed by atoms with Gasteiger partial charge in [-0.1, -0.05) is 30.3 Å². The molecule has 0 heterocycles. The fraction of sp³-hybridized carbons (Fsp3) is 0.263. The van der Waals surface area contributed by atoms with E-state index in [0.717, 1.165) is 16.9 Å². The molecule has 2 N–H and O–H groups in total. The van der Waals surface area contributed by atoms with Gasteiger partial charge >= 0.3 is 0 Å². The average Bonchev–Trinajstić information content (AvgIpc) is 2.63. The molecule has 6 heteroatoms. The number of benzene rings is 2. The third-order valence-electron chi connectivity index (χ3n) is 3.46. The third kappa shape index (κ3) is 6.63. The van der Waals surface area contributed by atoms with Crippen LogP contribution in [0.1, 0.15) is 23.6 Å². The lowest BCUT2D eigenvalue weighted by atomic mass is 10.1. The minimum absolute atomic E-state index is 0. The van der Waals surface area contributed by atoms with Gasteiger partial charge in [-0.3, -0.25) is 4.99 Å². The third-order valence-corrected chi connectivity index (χ3v) is 3.46. The van der Waals surface area contributed by atoms with Gasteiger partial charge in [0.1, 0.15) is 5.75 Å². The number of para-hydroxylation sites is 1. The summed E-state index contributed by atoms with van der Waals surface area (Å²) < 4.78 is 5.63. The Labute approximate surface area is 166 Å². The van der Waals surface area contributed by atoms with Gasteiger partial charge in [-0.2, -0.15) is 5.26 Å². The van der Waals surface area contributed by atoms with Gasteiger partial charge < -0.3 is 15.4 Å². The first kappa shape index (κ1) is 20.8. The molecule has 0 aliphatic rings. The van der Waals surface area contributed by atoms with Crippen molar-refractivity contribution in [2.75, 3.05) is 13.7 Å². The van der Waals surface area contributed by atoms with Crippen LogP contribution in [-0.2, 0) is 13.1 Å². The van der Waals surface area contributed by atoms with Crippen molar-refractivity contribution in [3.05, 3.63) is 65.2 Å². The van der Waals surface area contributed by atoms with Crippen LogP contribution in [0.3, 0.4) is 0 Å². The molecule has 2 rings (SSSR count). The standard InChI is InChI=1S/C19H22N4O.HI/c1-3-24-18-10-5-4-9-17(18)14-23-19(21-2)22-13-16-8-6-7-15(11-16)12-20;/h4-11H,3,13-14H2,1-2H3,(H2,21,22,23);1H. The Morgan fingerprint density at radius 1 is 1.12 bits per heavy atom. The van der Waals surface area contributed by atoms with Crippen molar-refractivity contribution in [1.29, 1.82) is 5.26 Å². The van der Waals surface area contributed by atoms with Crippen LogP contribution < -0.4 is 15.4 Å². The second-order valence-electron chi connectivity index (χ2n) is 5.13. The Bertz CT molecular complexity index is 740. The molecule has 132 valence electrons. The van der Waals surface area contributed by atoms with Gasteiger partial charge in [-0.15, -0.1) is 24.0 Å². The fourth-order valence-corrected chi connectivity index (χ4v) is 2.28. The molecule has 0 fully saturated rings. The summed E-state index contributed by atoms with van der Waals surface area (Å²) >= 11 is 0. The average molecular weight is 450 g/mol. The minimum Gasteiger partial charge on any atom is -0.494 e. The number of nitrogens with one attached hydrogen (secondary N) is 2. The summed E-state index contributed by atoms with van der Waals surface area (Å²) in [5.74, 6) is 1.58. The molecule has 25 heavy (non-hydrogen) atoms. The second-order valence-corrected chi connectivity index (χ2v) is 5.13. The van der Waals surface area contributed by atoms with Crippen LogP contribution in [0.4, 0.5) is 0 Å². The van der Waals surface area contributed by atoms with E-state index in [4.69, 9.17) is 10.00 Å². The lowest BCUT2D eigenvalue weighted by molar-refractivity contribution is 0.336. The van der Waals surface area contributed by atoms with Gasteiger partial charge in [0.15, 0.2) is 5.96 Å². The van der Waals surface area contributed by atoms with Crippen LogP contribution in [0, 0.1) is 11.3 Å². The van der Waals surface area contributed by atoms with E-state index < -0.39 is 0 Å². The molecule has 0 unspecified atom stereocenters. The first-order valence-electron chi connectivity index (χ1n) is 7.91. The molecule has 2 aromatic rings. The SMILES string of the molecule is CCOc1ccccc1CNC(=NC)NCc1cccc(C#N)c1.I. The maximum atomic E-state index is 8.95. The van der Waals surface area contributed by atoms with Crippen molar-refractivity contribution < 1.29 is 4.74 Å². The highest BCUT2D eigenvalue weighted by atomic mass is 127. The monoisotopic (exact) mass is 450 g/mol. The Morgan fingerprint density at radius 3 is 2.60 bits per heavy atom. The Balaban J connectivity index is 0.00000312. The van der Waals surface area contributed by atoms with Crippen molar-refractivity contribution in [2.24, 2.45) is 4.99 Å². The molecule has 0 aliphatic heterocycles. The van der Waals surface area contributed by atoms with Gasteiger partial charge in [-0.05, 0) is 30.7 Å². The summed E-state index contributed by atoms with van der Waals surface area (Å²) in [7, 11) is 1.73. The highest BCUT2D eigenvalue weighted by Gasteiger charge is 2.04. The van der Waals surface area contributed by atoms with E-state index in [9.17, 15) is 0 Å². The van der Waals surface area contributed by atoms with Crippen LogP contribution in [0.25, 0.3) is 0 Å². The van der Waals surface area contributed by atoms with E-state index in [2.05, 4.69) is 21.7 Å². The van der Waals surface area contributed by atoms with E-state index in [1.165, 1.54) is 0 Å². The molecule has 0 saturated carbocycles. The zero-order valence-corrected chi connectivity index (χ0v) is 16.8. The predicted octanol–water partition coefficient (Wildman–Crippen LogP) is 3.44. The Morgan fingerprint density at radius 2 is 1.88 bits per heavy atom. The lowest BCUT2D eigenvalue weighted by Gasteiger charge is -2.14. The van der Waals surface area contributed by atoms with E-state index in [-0.39, 0.29) is 24.0 Å². The van der Waals surface area contributed by atoms with E-state index in [0.29, 0.717) is 31.2 Å². The molecule has 0 amide bonds. The number of halogens is 1. The summed E-state index contributed by atoms with van der Waals surface area (Å²) in [4.78, 5) is 4.23. The molecule has 0 atom stereocenters. The minimum atomic E-state index is 0. The normalized spacial score (nSPS) is 10.4. The van der Waals surface area contributed by atoms with Crippen molar-refractivity contribution in [3.63, 3.8) is 0 Å². The number of hydrogen-bond donors (Lipinski definition) is 2. The summed E-state index contributed by atoms with van der Waals surface area (Å²) in [5, 5.41) is 15.5. The molecule has 2 aromatic carbocycles. The highest BCUT2D eigenvalue weighted by molar-refractivity contribution is 14.0. The molecule has 0 saturated heterocycles. The second kappa shape index (κ2) is 11.3. The first-order valence-corrected chi connectivity index (χ1v) is 7.91. The number of ether oxygens (including phenoxy) is 1. The maximum absolute atomic E-state index is 8.95. The van der Waals surface area contributed by atoms with Crippen molar-refractivity contribution in [2.45, 2.75) is 20.0 Å². The number of rotatable bonds is 6. The molecular formula is C19H23IN4O. The molecule has 0 bridgehead atoms. The number of hydrogen-bond acceptors (Lipinski definition) is 3. The van der Waals surface area contributed by atoms with Crippen molar-refractivity contribution >= 4 is 29.9 Å². The van der Waals surface area contributed by atoms with Crippen LogP contribution in [0.5, 0.6) is 5.75 Å². The molecule has 0 radical (unpaired) electrons. The summed E-state index contributed by atoms with van der Waals surface area (Å²) in [6.45, 7) is 3.83. The first-order chi connectivity index (χ1) is 11.8. The van der Waals surface area contributed by atoms with Crippen molar-refractivity contribution in [1.82, 2.24) is 10.6 Å². The summed E-state index contributed by atoms with van der Waals surface area (Å²) in [6, 6.07) is 17.6. The highest BCUT2D eigenvalue weighted by Crippen LogP contribution is 2.17. The zero-order valence-electron chi connectivity index (χ0n) is 14.5. The molecule has 0 aromatic heterocycles. The number of nitriles is 1. The van der Waals surface area contributed by atoms with E-state index in [1.54, 1.807) is 13.1 Å². The van der Waals surface area contributed by atoms with Gasteiger partial charge in [0.05, 0.1) is 18.2 Å². The fourth-order valence-electron chi connectivity index (χ4n) is 2.28. The Kier molecular flexibility index (Phi) is 9.40. The zero-order chi connectivity index (χ0) is 17.2. The van der Waals surface area contributed by atoms with Crippen LogP contribution in [0.2, 0.25) is 0 Å². The van der Waals surface area contributed by atoms with Gasteiger partial charge in [0.2, 0.25) is 0 Å². The van der Waals surface area contributed by atoms with E-state index in [1.807, 2.05) is 49.4 Å². The Hall–Kier alpha value is -2.27. The summed E-state index contributed by atoms with van der Waals surface area (Å²) in [5.41, 5.74) is 2.77. The van der Waals surface area contributed by atoms with Gasteiger partial charge in [0.25, 0.3) is 0 Å². The van der Waals surface area contributed by atoms with Crippen LogP contribution >= 0.6 is 24.0 Å². The summed E-state index contributed by atoms with van der Waals surface area (Å²) in [6.07, 6.45) is 0. The number of nitrogens with zero attached hydrogens (tertiary/aromatic N) is 2. The molecule has 0 aliphatic carbocycles. The number of aliphatic imine (C=N–C) groups is 1. The van der Waals surface area contributed by atoms with E-state index >= 15 is 0 Å². The lowest BCUT2D eigenvalue weighted by Crippen LogP contribution is -2.36. The maximum Gasteiger partial charge on any atom is 0.191 e. The predicted molar refractivity (Wildman–Crippen MR) is 111 cm³/mol. The smallest absolute Gasteiger partial charge is 0.191 e.